The van der Waals surface area contributed by atoms with Gasteiger partial charge in [-0.1, -0.05) is 0 Å². The van der Waals surface area contributed by atoms with Crippen molar-refractivity contribution < 1.29 is 56.6 Å². The normalized spacial score (nSPS) is 15.0. The van der Waals surface area contributed by atoms with E-state index in [1.165, 1.54) is 0 Å². The average molecular weight is 367 g/mol. The van der Waals surface area contributed by atoms with Crippen molar-refractivity contribution in [3.8, 4) is 5.88 Å². The molecule has 0 N–H and O–H groups in total. The summed E-state index contributed by atoms with van der Waals surface area (Å²) in [5.41, 5.74) is 0. The van der Waals surface area contributed by atoms with Gasteiger partial charge in [0.15, 0.2) is 0 Å². The molecule has 5 nitrogen and oxygen atoms in total. The van der Waals surface area contributed by atoms with E-state index in [4.69, 9.17) is 0 Å². The van der Waals surface area contributed by atoms with E-state index in [9.17, 15) is 47.9 Å². The second-order valence-corrected chi connectivity index (χ2v) is 5.13. The van der Waals surface area contributed by atoms with Crippen LogP contribution in [0.15, 0.2) is 16.9 Å². The van der Waals surface area contributed by atoms with Crippen LogP contribution in [0.4, 0.5) is 39.5 Å². The minimum atomic E-state index is -7.36. The monoisotopic (exact) mass is 367 g/mol. The van der Waals surface area contributed by atoms with Crippen LogP contribution in [0.25, 0.3) is 0 Å². The molecule has 0 fully saturated rings. The Labute approximate surface area is 114 Å². The third-order valence-electron chi connectivity index (χ3n) is 2.04. The van der Waals surface area contributed by atoms with Gasteiger partial charge in [0.2, 0.25) is 0 Å². The van der Waals surface area contributed by atoms with Crippen LogP contribution >= 0.6 is 0 Å². The van der Waals surface area contributed by atoms with Gasteiger partial charge in [-0.05, 0) is 5.16 Å². The van der Waals surface area contributed by atoms with E-state index in [1.54, 1.807) is 0 Å². The highest BCUT2D eigenvalue weighted by molar-refractivity contribution is 7.88. The van der Waals surface area contributed by atoms with Crippen molar-refractivity contribution in [1.82, 2.24) is 5.16 Å². The van der Waals surface area contributed by atoms with Gasteiger partial charge in [0.1, 0.15) is 6.26 Å². The molecule has 0 aliphatic rings. The number of rotatable bonds is 5. The quantitative estimate of drug-likeness (QED) is 0.591. The Morgan fingerprint density at radius 3 is 1.82 bits per heavy atom. The Balaban J connectivity index is 3.32. The summed E-state index contributed by atoms with van der Waals surface area (Å²) in [6.07, 6.45) is -6.63. The van der Waals surface area contributed by atoms with Crippen molar-refractivity contribution >= 4 is 10.1 Å². The molecule has 0 atom stereocenters. The van der Waals surface area contributed by atoms with Crippen molar-refractivity contribution in [3.05, 3.63) is 12.3 Å². The predicted octanol–water partition coefficient (Wildman–Crippen LogP) is 2.81. The van der Waals surface area contributed by atoms with Gasteiger partial charge in [0, 0.05) is 6.07 Å². The zero-order chi connectivity index (χ0) is 17.6. The molecule has 0 saturated carbocycles. The molecule has 0 aliphatic heterocycles. The van der Waals surface area contributed by atoms with E-state index in [-0.39, 0.29) is 0 Å². The van der Waals surface area contributed by atoms with Crippen LogP contribution in [0.5, 0.6) is 5.88 Å². The van der Waals surface area contributed by atoms with E-state index in [0.717, 1.165) is 0 Å². The van der Waals surface area contributed by atoms with Gasteiger partial charge in [0.25, 0.3) is 5.88 Å². The van der Waals surface area contributed by atoms with Crippen LogP contribution in [-0.2, 0) is 10.1 Å². The summed E-state index contributed by atoms with van der Waals surface area (Å²) in [6.45, 7) is 0. The summed E-state index contributed by atoms with van der Waals surface area (Å²) in [4.78, 5) is 0. The first-order chi connectivity index (χ1) is 9.58. The molecule has 0 amide bonds. The van der Waals surface area contributed by atoms with Gasteiger partial charge in [-0.25, -0.2) is 0 Å². The fourth-order valence-corrected chi connectivity index (χ4v) is 1.78. The first kappa shape index (κ1) is 18.4. The molecule has 0 unspecified atom stereocenters. The lowest BCUT2D eigenvalue weighted by molar-refractivity contribution is -0.382. The number of alkyl halides is 9. The first-order valence-electron chi connectivity index (χ1n) is 4.62. The molecule has 1 rings (SSSR count). The second-order valence-electron chi connectivity index (χ2n) is 3.54. The lowest BCUT2D eigenvalue weighted by Crippen LogP contribution is -2.63. The maximum atomic E-state index is 13.1. The molecule has 128 valence electrons. The number of hydrogen-bond acceptors (Lipinski definition) is 5. The molecule has 0 radical (unpaired) electrons. The Morgan fingerprint density at radius 1 is 0.955 bits per heavy atom. The van der Waals surface area contributed by atoms with Gasteiger partial charge >= 0.3 is 33.4 Å². The molecule has 0 aliphatic carbocycles. The molecule has 1 aromatic rings. The van der Waals surface area contributed by atoms with Crippen LogP contribution in [0.3, 0.4) is 0 Å². The summed E-state index contributed by atoms with van der Waals surface area (Å²) in [5, 5.41) is -4.39. The molecular weight excluding hydrogens is 365 g/mol. The fourth-order valence-electron chi connectivity index (χ4n) is 0.927. The Bertz CT molecular complexity index is 621. The van der Waals surface area contributed by atoms with Crippen molar-refractivity contribution in [3.63, 3.8) is 0 Å². The highest BCUT2D eigenvalue weighted by Crippen LogP contribution is 2.54. The molecule has 0 aromatic carbocycles. The van der Waals surface area contributed by atoms with Crippen molar-refractivity contribution in [2.45, 2.75) is 23.3 Å². The van der Waals surface area contributed by atoms with Crippen molar-refractivity contribution in [2.24, 2.45) is 0 Å². The number of hydrogen-bond donors (Lipinski definition) is 0. The fraction of sp³-hybridized carbons (Fsp3) is 0.571. The van der Waals surface area contributed by atoms with Gasteiger partial charge in [-0.2, -0.15) is 47.9 Å². The lowest BCUT2D eigenvalue weighted by atomic mass is 10.1. The highest BCUT2D eigenvalue weighted by Gasteiger charge is 2.86. The van der Waals surface area contributed by atoms with E-state index in [2.05, 4.69) is 13.9 Å². The van der Waals surface area contributed by atoms with E-state index >= 15 is 0 Å². The summed E-state index contributed by atoms with van der Waals surface area (Å²) in [7, 11) is -6.97. The smallest absolute Gasteiger partial charge is 0.361 e. The third-order valence-corrected chi connectivity index (χ3v) is 3.31. The van der Waals surface area contributed by atoms with Gasteiger partial charge in [-0.3, -0.25) is 0 Å². The van der Waals surface area contributed by atoms with Gasteiger partial charge in [-0.15, -0.1) is 0 Å². The Hall–Kier alpha value is -1.67. The van der Waals surface area contributed by atoms with Crippen LogP contribution < -0.4 is 4.18 Å². The van der Waals surface area contributed by atoms with Crippen LogP contribution in [0.1, 0.15) is 0 Å². The first-order valence-corrected chi connectivity index (χ1v) is 6.03. The van der Waals surface area contributed by atoms with E-state index in [1.807, 2.05) is 0 Å². The summed E-state index contributed by atoms with van der Waals surface area (Å²) in [6, 6.07) is 0.397. The summed E-state index contributed by atoms with van der Waals surface area (Å²) >= 11 is 0. The van der Waals surface area contributed by atoms with Crippen LogP contribution in [0, 0.1) is 0 Å². The summed E-state index contributed by atoms with van der Waals surface area (Å²) < 4.78 is 141. The van der Waals surface area contributed by atoms with Crippen molar-refractivity contribution in [2.75, 3.05) is 0 Å². The van der Waals surface area contributed by atoms with Gasteiger partial charge < -0.3 is 8.71 Å². The standard InChI is InChI=1S/C7H2F9NO4S/c8-4(9,6(12,13)14)5(10,11)7(15,16)22(18,19)21-3-1-2-20-17-3/h1-2H. The Morgan fingerprint density at radius 2 is 1.45 bits per heavy atom. The van der Waals surface area contributed by atoms with Crippen LogP contribution in [-0.4, -0.2) is 36.9 Å². The van der Waals surface area contributed by atoms with Crippen molar-refractivity contribution in [1.29, 1.82) is 0 Å². The molecule has 1 heterocycles. The molecule has 1 aromatic heterocycles. The van der Waals surface area contributed by atoms with Gasteiger partial charge in [0.05, 0.1) is 0 Å². The Kier molecular flexibility index (Phi) is 4.11. The number of halogens is 9. The minimum Gasteiger partial charge on any atom is -0.361 e. The lowest BCUT2D eigenvalue weighted by Gasteiger charge is -2.32. The molecule has 0 saturated heterocycles. The molecule has 0 bridgehead atoms. The molecule has 0 spiro atoms. The second kappa shape index (κ2) is 4.92. The van der Waals surface area contributed by atoms with E-state index in [0.29, 0.717) is 12.3 Å². The average Bonchev–Trinajstić information content (AvgIpc) is 2.78. The molecule has 22 heavy (non-hydrogen) atoms. The predicted molar refractivity (Wildman–Crippen MR) is 46.9 cm³/mol. The minimum absolute atomic E-state index is 0.397. The number of nitrogens with zero attached hydrogens (tertiary/aromatic N) is 1. The maximum absolute atomic E-state index is 13.1. The van der Waals surface area contributed by atoms with E-state index < -0.39 is 39.3 Å². The third kappa shape index (κ3) is 2.56. The zero-order valence-electron chi connectivity index (χ0n) is 9.54. The topological polar surface area (TPSA) is 69.4 Å². The molecule has 15 heteroatoms. The SMILES string of the molecule is O=S(=O)(Oc1ccon1)C(F)(F)C(F)(F)C(F)(F)C(F)(F)F. The largest absolute Gasteiger partial charge is 0.460 e. The number of aromatic nitrogens is 1. The zero-order valence-corrected chi connectivity index (χ0v) is 10.4. The maximum Gasteiger partial charge on any atom is 0.460 e. The molecular formula is C7H2F9NO4S. The van der Waals surface area contributed by atoms with Crippen LogP contribution in [0.2, 0.25) is 0 Å². The summed E-state index contributed by atoms with van der Waals surface area (Å²) in [5.74, 6) is -16.1. The highest BCUT2D eigenvalue weighted by atomic mass is 32.2.